The van der Waals surface area contributed by atoms with Crippen molar-refractivity contribution >= 4 is 60.7 Å². The van der Waals surface area contributed by atoms with Crippen LogP contribution in [0, 0.1) is 0 Å². The molecule has 0 bridgehead atoms. The topological polar surface area (TPSA) is 13.1 Å². The number of para-hydroxylation sites is 6. The van der Waals surface area contributed by atoms with Gasteiger partial charge in [0, 0.05) is 38.6 Å². The molecule has 0 amide bonds. The van der Waals surface area contributed by atoms with Crippen molar-refractivity contribution in [3.63, 3.8) is 0 Å². The minimum absolute atomic E-state index is 0.656. The molecule has 1 aliphatic carbocycles. The molecule has 1 aliphatic heterocycles. The van der Waals surface area contributed by atoms with Crippen LogP contribution in [0.1, 0.15) is 22.3 Å². The molecule has 3 heterocycles. The number of nitrogens with zero attached hydrogens (tertiary/aromatic N) is 3. The van der Waals surface area contributed by atoms with Gasteiger partial charge in [-0.3, -0.25) is 0 Å². The SMILES string of the molecule is c1ccc(-c2cccc(-n3c4ccccc4c4cc5c(cc43)C3(c4cc6c(cc4-5)c4ccccc4n6-c4ccccc4)c4ccccc4N(c4ccccc4)c4ccccc43)c2)cc1. The van der Waals surface area contributed by atoms with Crippen LogP contribution in [0.4, 0.5) is 17.1 Å². The van der Waals surface area contributed by atoms with Gasteiger partial charge < -0.3 is 14.0 Å². The average Bonchev–Trinajstić information content (AvgIpc) is 3.97. The molecule has 0 atom stereocenters. The van der Waals surface area contributed by atoms with E-state index in [1.807, 2.05) is 0 Å². The van der Waals surface area contributed by atoms with Gasteiger partial charge in [-0.25, -0.2) is 0 Å². The first-order valence-electron chi connectivity index (χ1n) is 22.2. The van der Waals surface area contributed by atoms with Crippen molar-refractivity contribution in [1.29, 1.82) is 0 Å². The quantitative estimate of drug-likeness (QED) is 0.172. The zero-order valence-corrected chi connectivity index (χ0v) is 34.9. The fraction of sp³-hybridized carbons (Fsp3) is 0.0164. The molecular weight excluding hydrogens is 775 g/mol. The van der Waals surface area contributed by atoms with Crippen molar-refractivity contribution in [2.75, 3.05) is 4.90 Å². The lowest BCUT2D eigenvalue weighted by Crippen LogP contribution is -2.36. The minimum Gasteiger partial charge on any atom is -0.310 e. The Labute approximate surface area is 371 Å². The molecule has 64 heavy (non-hydrogen) atoms. The van der Waals surface area contributed by atoms with Gasteiger partial charge in [0.2, 0.25) is 0 Å². The van der Waals surface area contributed by atoms with Gasteiger partial charge in [0.1, 0.15) is 0 Å². The van der Waals surface area contributed by atoms with E-state index in [1.54, 1.807) is 0 Å². The summed E-state index contributed by atoms with van der Waals surface area (Å²) in [5.41, 5.74) is 20.1. The predicted molar refractivity (Wildman–Crippen MR) is 266 cm³/mol. The first-order chi connectivity index (χ1) is 31.8. The van der Waals surface area contributed by atoms with E-state index in [4.69, 9.17) is 0 Å². The lowest BCUT2D eigenvalue weighted by molar-refractivity contribution is 0.754. The van der Waals surface area contributed by atoms with Crippen LogP contribution in [0.5, 0.6) is 0 Å². The van der Waals surface area contributed by atoms with Gasteiger partial charge in [-0.2, -0.15) is 0 Å². The maximum absolute atomic E-state index is 2.56. The van der Waals surface area contributed by atoms with E-state index in [9.17, 15) is 0 Å². The fourth-order valence-electron chi connectivity index (χ4n) is 11.5. The number of fused-ring (bicyclic) bond motifs is 15. The number of aromatic nitrogens is 2. The summed E-state index contributed by atoms with van der Waals surface area (Å²) >= 11 is 0. The summed E-state index contributed by atoms with van der Waals surface area (Å²) in [5, 5.41) is 5.00. The van der Waals surface area contributed by atoms with Gasteiger partial charge in [0.15, 0.2) is 0 Å². The van der Waals surface area contributed by atoms with E-state index in [0.29, 0.717) is 0 Å². The van der Waals surface area contributed by atoms with Gasteiger partial charge in [-0.05, 0) is 129 Å². The molecule has 14 rings (SSSR count). The van der Waals surface area contributed by atoms with E-state index < -0.39 is 5.41 Å². The third-order valence-corrected chi connectivity index (χ3v) is 14.1. The number of hydrogen-bond acceptors (Lipinski definition) is 1. The molecule has 0 N–H and O–H groups in total. The van der Waals surface area contributed by atoms with E-state index >= 15 is 0 Å². The first-order valence-corrected chi connectivity index (χ1v) is 22.2. The molecule has 0 unspecified atom stereocenters. The Balaban J connectivity index is 1.15. The zero-order valence-electron chi connectivity index (χ0n) is 34.9. The van der Waals surface area contributed by atoms with Crippen molar-refractivity contribution in [2.24, 2.45) is 0 Å². The Hall–Kier alpha value is -8.40. The Bertz CT molecular complexity index is 3790. The summed E-state index contributed by atoms with van der Waals surface area (Å²) in [6.45, 7) is 0. The summed E-state index contributed by atoms with van der Waals surface area (Å²) in [7, 11) is 0. The lowest BCUT2D eigenvalue weighted by Gasteiger charge is -2.45. The standard InChI is InChI=1S/C61H39N3/c1-4-19-40(20-5-1)41-21-18-26-44(35-41)64-56-32-15-11-28-46(56)50-37-48-47-36-49-45-27-10-14-31-55(45)62(42-22-6-2-7-23-42)59(49)38-53(47)61(54(48)39-60(50)64)51-29-12-16-33-57(51)63(43-24-8-3-9-25-43)58-34-17-13-30-52(58)61/h1-39H. The van der Waals surface area contributed by atoms with Crippen LogP contribution in [-0.2, 0) is 5.41 Å². The lowest BCUT2D eigenvalue weighted by atomic mass is 9.64. The second-order valence-corrected chi connectivity index (χ2v) is 17.2. The first kappa shape index (κ1) is 35.2. The molecule has 0 saturated carbocycles. The molecule has 2 aromatic heterocycles. The molecule has 0 fully saturated rings. The van der Waals surface area contributed by atoms with E-state index in [-0.39, 0.29) is 0 Å². The third-order valence-electron chi connectivity index (χ3n) is 14.1. The highest BCUT2D eigenvalue weighted by Crippen LogP contribution is 2.64. The molecular formula is C61H39N3. The normalized spacial score (nSPS) is 13.4. The van der Waals surface area contributed by atoms with Crippen molar-refractivity contribution in [3.8, 4) is 33.6 Å². The van der Waals surface area contributed by atoms with Crippen LogP contribution in [0.2, 0.25) is 0 Å². The molecule has 3 heteroatoms. The van der Waals surface area contributed by atoms with Crippen LogP contribution >= 0.6 is 0 Å². The Kier molecular flexibility index (Phi) is 7.32. The van der Waals surface area contributed by atoms with Gasteiger partial charge in [0.05, 0.1) is 38.9 Å². The van der Waals surface area contributed by atoms with Gasteiger partial charge >= 0.3 is 0 Å². The monoisotopic (exact) mass is 813 g/mol. The molecule has 0 saturated heterocycles. The van der Waals surface area contributed by atoms with E-state index in [1.165, 1.54) is 99.5 Å². The number of benzene rings is 10. The highest BCUT2D eigenvalue weighted by atomic mass is 15.2. The van der Waals surface area contributed by atoms with Crippen molar-refractivity contribution in [2.45, 2.75) is 5.41 Å². The Morgan fingerprint density at radius 1 is 0.266 bits per heavy atom. The van der Waals surface area contributed by atoms with E-state index in [2.05, 4.69) is 251 Å². The summed E-state index contributed by atoms with van der Waals surface area (Å²) < 4.78 is 4.97. The number of rotatable bonds is 4. The highest BCUT2D eigenvalue weighted by Gasteiger charge is 2.52. The van der Waals surface area contributed by atoms with Crippen molar-refractivity contribution < 1.29 is 0 Å². The predicted octanol–water partition coefficient (Wildman–Crippen LogP) is 15.7. The van der Waals surface area contributed by atoms with Crippen LogP contribution in [0.3, 0.4) is 0 Å². The maximum atomic E-state index is 2.56. The number of anilines is 3. The summed E-state index contributed by atoms with van der Waals surface area (Å²) in [4.78, 5) is 2.47. The number of hydrogen-bond donors (Lipinski definition) is 0. The summed E-state index contributed by atoms with van der Waals surface area (Å²) in [5.74, 6) is 0. The van der Waals surface area contributed by atoms with Crippen LogP contribution < -0.4 is 4.90 Å². The molecule has 10 aromatic carbocycles. The molecule has 1 spiro atoms. The fourth-order valence-corrected chi connectivity index (χ4v) is 11.5. The van der Waals surface area contributed by atoms with Crippen molar-refractivity contribution in [3.05, 3.63) is 259 Å². The second kappa shape index (κ2) is 13.3. The Morgan fingerprint density at radius 3 is 1.28 bits per heavy atom. The van der Waals surface area contributed by atoms with Gasteiger partial charge in [-0.15, -0.1) is 0 Å². The smallest absolute Gasteiger partial charge is 0.0755 e. The van der Waals surface area contributed by atoms with Gasteiger partial charge in [-0.1, -0.05) is 152 Å². The van der Waals surface area contributed by atoms with Crippen LogP contribution in [0.15, 0.2) is 237 Å². The second-order valence-electron chi connectivity index (χ2n) is 17.2. The minimum atomic E-state index is -0.656. The zero-order chi connectivity index (χ0) is 41.9. The summed E-state index contributed by atoms with van der Waals surface area (Å²) in [6, 6.07) is 87.7. The maximum Gasteiger partial charge on any atom is 0.0755 e. The highest BCUT2D eigenvalue weighted by molar-refractivity contribution is 6.15. The van der Waals surface area contributed by atoms with Gasteiger partial charge in [0.25, 0.3) is 0 Å². The largest absolute Gasteiger partial charge is 0.310 e. The molecule has 0 radical (unpaired) electrons. The third kappa shape index (κ3) is 4.70. The van der Waals surface area contributed by atoms with Crippen LogP contribution in [-0.4, -0.2) is 9.13 Å². The van der Waals surface area contributed by atoms with E-state index in [0.717, 1.165) is 17.1 Å². The Morgan fingerprint density at radius 2 is 0.703 bits per heavy atom. The molecule has 12 aromatic rings. The average molecular weight is 814 g/mol. The molecule has 2 aliphatic rings. The molecule has 298 valence electrons. The summed E-state index contributed by atoms with van der Waals surface area (Å²) in [6.07, 6.45) is 0. The van der Waals surface area contributed by atoms with Crippen LogP contribution in [0.25, 0.3) is 77.2 Å². The van der Waals surface area contributed by atoms with Crippen molar-refractivity contribution in [1.82, 2.24) is 9.13 Å². The molecule has 3 nitrogen and oxygen atoms in total.